The molecule has 1 unspecified atom stereocenters. The first kappa shape index (κ1) is 23.1. The van der Waals surface area contributed by atoms with Crippen molar-refractivity contribution in [3.05, 3.63) is 0 Å². The number of carboxylic acids is 1. The fraction of sp³-hybridized carbons (Fsp3) is 0.875. The summed E-state index contributed by atoms with van der Waals surface area (Å²) in [6.07, 6.45) is 7.84. The van der Waals surface area contributed by atoms with Gasteiger partial charge < -0.3 is 20.4 Å². The number of aliphatic hydroxyl groups is 1. The van der Waals surface area contributed by atoms with Gasteiger partial charge in [-0.1, -0.05) is 32.6 Å². The van der Waals surface area contributed by atoms with Crippen molar-refractivity contribution in [3.8, 4) is 0 Å². The molecule has 0 aromatic carbocycles. The molecule has 0 radical (unpaired) electrons. The van der Waals surface area contributed by atoms with Crippen LogP contribution < -0.4 is 0 Å². The number of hydrogen-bond acceptors (Lipinski definition) is 4. The maximum Gasteiger partial charge on any atom is 0.305 e. The van der Waals surface area contributed by atoms with Gasteiger partial charge in [0, 0.05) is 19.4 Å². The lowest BCUT2D eigenvalue weighted by atomic mass is 10.1. The molecule has 4 N–H and O–H groups in total. The van der Waals surface area contributed by atoms with Crippen LogP contribution in [0.15, 0.2) is 0 Å². The third-order valence-corrected chi connectivity index (χ3v) is 3.52. The fourth-order valence-corrected chi connectivity index (χ4v) is 2.06. The van der Waals surface area contributed by atoms with Crippen LogP contribution in [0.4, 0.5) is 0 Å². The van der Waals surface area contributed by atoms with Gasteiger partial charge in [0.05, 0.1) is 6.61 Å². The summed E-state index contributed by atoms with van der Waals surface area (Å²) in [5.74, 6) is -0.489. The molecule has 0 saturated heterocycles. The molecule has 0 aromatic rings. The summed E-state index contributed by atoms with van der Waals surface area (Å²) >= 11 is 0. The van der Waals surface area contributed by atoms with E-state index in [4.69, 9.17) is 14.9 Å². The largest absolute Gasteiger partial charge is 0.481 e. The second kappa shape index (κ2) is 16.2. The molecule has 0 rings (SSSR count). The number of hydrogen-bond donors (Lipinski definition) is 2. The number of carboxylic acid groups (broad SMARTS) is 1. The molecule has 132 valence electrons. The molecule has 0 heterocycles. The molecule has 0 spiro atoms. The van der Waals surface area contributed by atoms with Crippen molar-refractivity contribution in [3.63, 3.8) is 0 Å². The Kier molecular flexibility index (Phi) is 17.1. The van der Waals surface area contributed by atoms with Gasteiger partial charge in [0.2, 0.25) is 0 Å². The minimum Gasteiger partial charge on any atom is -0.481 e. The molecular formula is C16H32O6. The number of carbonyl (C=O) groups excluding carboxylic acids is 1. The number of carbonyl (C=O) groups is 2. The lowest BCUT2D eigenvalue weighted by Gasteiger charge is -2.09. The monoisotopic (exact) mass is 320 g/mol. The topological polar surface area (TPSA) is 115 Å². The molecule has 0 aliphatic carbocycles. The minimum absolute atomic E-state index is 0. The first-order valence-electron chi connectivity index (χ1n) is 8.04. The van der Waals surface area contributed by atoms with Crippen molar-refractivity contribution in [2.45, 2.75) is 71.1 Å². The van der Waals surface area contributed by atoms with E-state index in [0.29, 0.717) is 18.9 Å². The van der Waals surface area contributed by atoms with Gasteiger partial charge in [0.25, 0.3) is 0 Å². The van der Waals surface area contributed by atoms with Crippen molar-refractivity contribution in [1.29, 1.82) is 0 Å². The van der Waals surface area contributed by atoms with Crippen LogP contribution in [0.3, 0.4) is 0 Å². The Balaban J connectivity index is 0. The molecule has 6 nitrogen and oxygen atoms in total. The normalized spacial score (nSPS) is 11.5. The van der Waals surface area contributed by atoms with Crippen LogP contribution >= 0.6 is 0 Å². The third kappa shape index (κ3) is 16.9. The zero-order chi connectivity index (χ0) is 15.9. The van der Waals surface area contributed by atoms with Crippen molar-refractivity contribution < 1.29 is 30.0 Å². The molecule has 0 fully saturated rings. The summed E-state index contributed by atoms with van der Waals surface area (Å²) < 4.78 is 5.14. The first-order chi connectivity index (χ1) is 10.1. The molecule has 0 aliphatic rings. The molecule has 0 saturated carbocycles. The van der Waals surface area contributed by atoms with Gasteiger partial charge in [-0.25, -0.2) is 0 Å². The smallest absolute Gasteiger partial charge is 0.305 e. The van der Waals surface area contributed by atoms with Crippen LogP contribution in [-0.2, 0) is 14.3 Å². The van der Waals surface area contributed by atoms with Gasteiger partial charge in [-0.15, -0.1) is 0 Å². The van der Waals surface area contributed by atoms with Crippen molar-refractivity contribution in [2.75, 3.05) is 13.2 Å². The molecule has 1 atom stereocenters. The van der Waals surface area contributed by atoms with Gasteiger partial charge in [0.15, 0.2) is 0 Å². The maximum absolute atomic E-state index is 11.5. The van der Waals surface area contributed by atoms with Crippen LogP contribution in [0.2, 0.25) is 0 Å². The van der Waals surface area contributed by atoms with E-state index in [1.165, 1.54) is 0 Å². The minimum atomic E-state index is -0.731. The summed E-state index contributed by atoms with van der Waals surface area (Å²) in [6, 6.07) is 0. The highest BCUT2D eigenvalue weighted by atomic mass is 16.5. The number of esters is 1. The Hall–Kier alpha value is -1.14. The Labute approximate surface area is 133 Å². The summed E-state index contributed by atoms with van der Waals surface area (Å²) in [5, 5.41) is 17.2. The fourth-order valence-electron chi connectivity index (χ4n) is 2.06. The average molecular weight is 320 g/mol. The van der Waals surface area contributed by atoms with Gasteiger partial charge in [-0.3, -0.25) is 9.59 Å². The van der Waals surface area contributed by atoms with E-state index in [1.807, 2.05) is 6.92 Å². The van der Waals surface area contributed by atoms with E-state index >= 15 is 0 Å². The Bertz CT molecular complexity index is 280. The van der Waals surface area contributed by atoms with Gasteiger partial charge >= 0.3 is 11.9 Å². The van der Waals surface area contributed by atoms with Crippen molar-refractivity contribution in [1.82, 2.24) is 0 Å². The van der Waals surface area contributed by atoms with E-state index < -0.39 is 5.97 Å². The van der Waals surface area contributed by atoms with Crippen LogP contribution in [0.25, 0.3) is 0 Å². The Morgan fingerprint density at radius 3 is 2.05 bits per heavy atom. The SMILES string of the molecule is CC(CCO)CCOC(=O)CCCCCCCCC(=O)O.O. The van der Waals surface area contributed by atoms with Gasteiger partial charge in [0.1, 0.15) is 0 Å². The van der Waals surface area contributed by atoms with E-state index in [2.05, 4.69) is 0 Å². The van der Waals surface area contributed by atoms with Crippen LogP contribution in [0.1, 0.15) is 71.1 Å². The molecule has 6 heteroatoms. The zero-order valence-corrected chi connectivity index (χ0v) is 13.7. The number of unbranched alkanes of at least 4 members (excludes halogenated alkanes) is 5. The molecule has 22 heavy (non-hydrogen) atoms. The van der Waals surface area contributed by atoms with Gasteiger partial charge in [-0.05, 0) is 31.6 Å². The lowest BCUT2D eigenvalue weighted by Crippen LogP contribution is -2.09. The molecular weight excluding hydrogens is 288 g/mol. The Morgan fingerprint density at radius 2 is 1.50 bits per heavy atom. The van der Waals surface area contributed by atoms with Crippen molar-refractivity contribution >= 4 is 11.9 Å². The number of ether oxygens (including phenoxy) is 1. The predicted molar refractivity (Wildman–Crippen MR) is 84.6 cm³/mol. The summed E-state index contributed by atoms with van der Waals surface area (Å²) in [5.41, 5.74) is 0. The van der Waals surface area contributed by atoms with Crippen molar-refractivity contribution in [2.24, 2.45) is 5.92 Å². The molecule has 0 bridgehead atoms. The van der Waals surface area contributed by atoms with E-state index in [9.17, 15) is 9.59 Å². The molecule has 0 aromatic heterocycles. The van der Waals surface area contributed by atoms with Gasteiger partial charge in [-0.2, -0.15) is 0 Å². The van der Waals surface area contributed by atoms with E-state index in [1.54, 1.807) is 0 Å². The second-order valence-electron chi connectivity index (χ2n) is 5.64. The Morgan fingerprint density at radius 1 is 0.955 bits per heavy atom. The number of rotatable bonds is 14. The zero-order valence-electron chi connectivity index (χ0n) is 13.7. The summed E-state index contributed by atoms with van der Waals surface area (Å²) in [7, 11) is 0. The first-order valence-corrected chi connectivity index (χ1v) is 8.04. The lowest BCUT2D eigenvalue weighted by molar-refractivity contribution is -0.144. The molecule has 0 aliphatic heterocycles. The highest BCUT2D eigenvalue weighted by molar-refractivity contribution is 5.69. The number of aliphatic hydroxyl groups excluding tert-OH is 1. The highest BCUT2D eigenvalue weighted by Gasteiger charge is 2.05. The summed E-state index contributed by atoms with van der Waals surface area (Å²) in [4.78, 5) is 21.8. The standard InChI is InChI=1S/C16H30O5.H2O/c1-14(10-12-17)11-13-21-16(20)9-7-5-3-2-4-6-8-15(18)19;/h14,17H,2-13H2,1H3,(H,18,19);1H2. The second-order valence-corrected chi connectivity index (χ2v) is 5.64. The molecule has 0 amide bonds. The quantitative estimate of drug-likeness (QED) is 0.376. The van der Waals surface area contributed by atoms with E-state index in [0.717, 1.165) is 51.4 Å². The van der Waals surface area contributed by atoms with Crippen LogP contribution in [-0.4, -0.2) is 40.8 Å². The number of aliphatic carboxylic acids is 1. The highest BCUT2D eigenvalue weighted by Crippen LogP contribution is 2.10. The van der Waals surface area contributed by atoms with Crippen LogP contribution in [0.5, 0.6) is 0 Å². The average Bonchev–Trinajstić information content (AvgIpc) is 2.41. The summed E-state index contributed by atoms with van der Waals surface area (Å²) in [6.45, 7) is 2.66. The maximum atomic E-state index is 11.5. The predicted octanol–water partition coefficient (Wildman–Crippen LogP) is 2.32. The van der Waals surface area contributed by atoms with Crippen LogP contribution in [0, 0.1) is 5.92 Å². The van der Waals surface area contributed by atoms with E-state index in [-0.39, 0.29) is 24.5 Å². The third-order valence-electron chi connectivity index (χ3n) is 3.52.